The van der Waals surface area contributed by atoms with Crippen LogP contribution in [0.3, 0.4) is 0 Å². The molecule has 1 amide bonds. The van der Waals surface area contributed by atoms with Crippen LogP contribution in [0.1, 0.15) is 12.8 Å². The monoisotopic (exact) mass is 169 g/mol. The van der Waals surface area contributed by atoms with Crippen LogP contribution in [0.25, 0.3) is 0 Å². The zero-order valence-corrected chi connectivity index (χ0v) is 6.71. The highest BCUT2D eigenvalue weighted by atomic mass is 16.6. The number of carbonyl (C=O) groups is 1. The van der Waals surface area contributed by atoms with Crippen molar-refractivity contribution in [1.82, 2.24) is 5.32 Å². The second-order valence-electron chi connectivity index (χ2n) is 2.94. The fourth-order valence-corrected chi connectivity index (χ4v) is 1.42. The first-order valence-electron chi connectivity index (χ1n) is 4.11. The van der Waals surface area contributed by atoms with Crippen LogP contribution >= 0.6 is 0 Å². The third-order valence-electron chi connectivity index (χ3n) is 2.06. The molecule has 1 N–H and O–H groups in total. The van der Waals surface area contributed by atoms with E-state index in [1.54, 1.807) is 6.26 Å². The van der Waals surface area contributed by atoms with Crippen LogP contribution in [0.4, 0.5) is 4.79 Å². The van der Waals surface area contributed by atoms with Crippen molar-refractivity contribution < 1.29 is 14.3 Å². The Hall–Kier alpha value is -1.19. The topological polar surface area (TPSA) is 47.6 Å². The van der Waals surface area contributed by atoms with Crippen LogP contribution in [-0.2, 0) is 9.47 Å². The van der Waals surface area contributed by atoms with Crippen LogP contribution in [0, 0.1) is 0 Å². The zero-order chi connectivity index (χ0) is 8.39. The number of amides is 1. The van der Waals surface area contributed by atoms with E-state index in [2.05, 4.69) is 5.32 Å². The third-order valence-corrected chi connectivity index (χ3v) is 2.06. The molecule has 1 fully saturated rings. The summed E-state index contributed by atoms with van der Waals surface area (Å²) in [6.07, 6.45) is 3.28. The van der Waals surface area contributed by atoms with Gasteiger partial charge in [-0.3, -0.25) is 0 Å². The summed E-state index contributed by atoms with van der Waals surface area (Å²) < 4.78 is 10.2. The van der Waals surface area contributed by atoms with Crippen molar-refractivity contribution in [1.29, 1.82) is 0 Å². The minimum atomic E-state index is -0.327. The van der Waals surface area contributed by atoms with Crippen molar-refractivity contribution in [2.75, 3.05) is 13.2 Å². The molecule has 2 aliphatic rings. The SMILES string of the molecule is O=C1NCC(C2=COCCC2)O1. The van der Waals surface area contributed by atoms with Crippen molar-refractivity contribution in [2.45, 2.75) is 18.9 Å². The first-order valence-corrected chi connectivity index (χ1v) is 4.11. The van der Waals surface area contributed by atoms with Gasteiger partial charge in [0.2, 0.25) is 0 Å². The molecule has 0 aliphatic carbocycles. The van der Waals surface area contributed by atoms with Crippen molar-refractivity contribution in [2.24, 2.45) is 0 Å². The average molecular weight is 169 g/mol. The van der Waals surface area contributed by atoms with Crippen LogP contribution < -0.4 is 5.32 Å². The first kappa shape index (κ1) is 7.46. The molecular weight excluding hydrogens is 158 g/mol. The lowest BCUT2D eigenvalue weighted by Gasteiger charge is -2.16. The lowest BCUT2D eigenvalue weighted by Crippen LogP contribution is -2.19. The van der Waals surface area contributed by atoms with E-state index in [0.29, 0.717) is 6.54 Å². The van der Waals surface area contributed by atoms with Crippen molar-refractivity contribution >= 4 is 6.09 Å². The van der Waals surface area contributed by atoms with E-state index in [4.69, 9.17) is 9.47 Å². The quantitative estimate of drug-likeness (QED) is 0.631. The van der Waals surface area contributed by atoms with Gasteiger partial charge in [-0.05, 0) is 12.8 Å². The van der Waals surface area contributed by atoms with Crippen LogP contribution in [-0.4, -0.2) is 25.3 Å². The summed E-state index contributed by atoms with van der Waals surface area (Å²) in [5.41, 5.74) is 1.08. The van der Waals surface area contributed by atoms with Crippen LogP contribution in [0.15, 0.2) is 11.8 Å². The van der Waals surface area contributed by atoms with Gasteiger partial charge in [0.15, 0.2) is 0 Å². The molecule has 0 spiro atoms. The van der Waals surface area contributed by atoms with E-state index in [-0.39, 0.29) is 12.2 Å². The molecule has 0 aromatic rings. The number of hydrogen-bond donors (Lipinski definition) is 1. The normalized spacial score (nSPS) is 28.5. The van der Waals surface area contributed by atoms with E-state index < -0.39 is 0 Å². The molecule has 2 heterocycles. The maximum Gasteiger partial charge on any atom is 0.407 e. The molecule has 0 aromatic heterocycles. The highest BCUT2D eigenvalue weighted by Crippen LogP contribution is 2.19. The van der Waals surface area contributed by atoms with Crippen molar-refractivity contribution in [3.05, 3.63) is 11.8 Å². The minimum absolute atomic E-state index is 0.0993. The molecule has 0 radical (unpaired) electrons. The highest BCUT2D eigenvalue weighted by molar-refractivity contribution is 5.70. The Labute approximate surface area is 70.5 Å². The second-order valence-corrected chi connectivity index (χ2v) is 2.94. The molecule has 2 aliphatic heterocycles. The number of alkyl carbamates (subject to hydrolysis) is 1. The Morgan fingerprint density at radius 3 is 3.08 bits per heavy atom. The number of rotatable bonds is 1. The highest BCUT2D eigenvalue weighted by Gasteiger charge is 2.26. The van der Waals surface area contributed by atoms with E-state index >= 15 is 0 Å². The average Bonchev–Trinajstić information content (AvgIpc) is 2.54. The van der Waals surface area contributed by atoms with E-state index in [9.17, 15) is 4.79 Å². The fraction of sp³-hybridized carbons (Fsp3) is 0.625. The molecule has 0 saturated carbocycles. The van der Waals surface area contributed by atoms with Gasteiger partial charge in [0.1, 0.15) is 6.10 Å². The van der Waals surface area contributed by atoms with Gasteiger partial charge in [-0.2, -0.15) is 0 Å². The summed E-state index contributed by atoms with van der Waals surface area (Å²) in [7, 11) is 0. The fourth-order valence-electron chi connectivity index (χ4n) is 1.42. The zero-order valence-electron chi connectivity index (χ0n) is 6.71. The predicted octanol–water partition coefficient (Wildman–Crippen LogP) is 0.789. The van der Waals surface area contributed by atoms with Gasteiger partial charge in [-0.15, -0.1) is 0 Å². The van der Waals surface area contributed by atoms with Gasteiger partial charge in [0.05, 0.1) is 19.4 Å². The Morgan fingerprint density at radius 1 is 1.58 bits per heavy atom. The molecule has 0 bridgehead atoms. The predicted molar refractivity (Wildman–Crippen MR) is 41.5 cm³/mol. The van der Waals surface area contributed by atoms with Crippen molar-refractivity contribution in [3.63, 3.8) is 0 Å². The molecule has 0 aromatic carbocycles. The maximum atomic E-state index is 10.7. The molecule has 1 saturated heterocycles. The smallest absolute Gasteiger partial charge is 0.407 e. The molecule has 12 heavy (non-hydrogen) atoms. The van der Waals surface area contributed by atoms with Crippen LogP contribution in [0.2, 0.25) is 0 Å². The largest absolute Gasteiger partial charge is 0.501 e. The lowest BCUT2D eigenvalue weighted by atomic mass is 10.1. The summed E-state index contributed by atoms with van der Waals surface area (Å²) >= 11 is 0. The van der Waals surface area contributed by atoms with Gasteiger partial charge in [-0.25, -0.2) is 4.79 Å². The third kappa shape index (κ3) is 1.37. The molecule has 66 valence electrons. The van der Waals surface area contributed by atoms with Gasteiger partial charge in [0, 0.05) is 5.57 Å². The summed E-state index contributed by atoms with van der Waals surface area (Å²) in [5.74, 6) is 0. The Kier molecular flexibility index (Phi) is 1.89. The van der Waals surface area contributed by atoms with Gasteiger partial charge in [0.25, 0.3) is 0 Å². The standard InChI is InChI=1S/C8H11NO3/c10-8-9-4-7(12-8)6-2-1-3-11-5-6/h5,7H,1-4H2,(H,9,10). The minimum Gasteiger partial charge on any atom is -0.501 e. The number of cyclic esters (lactones) is 1. The molecule has 2 rings (SSSR count). The molecule has 4 heteroatoms. The molecule has 1 atom stereocenters. The molecule has 4 nitrogen and oxygen atoms in total. The Balaban J connectivity index is 1.99. The lowest BCUT2D eigenvalue weighted by molar-refractivity contribution is 0.143. The maximum absolute atomic E-state index is 10.7. The summed E-state index contributed by atoms with van der Waals surface area (Å²) in [6.45, 7) is 1.35. The Morgan fingerprint density at radius 2 is 2.50 bits per heavy atom. The van der Waals surface area contributed by atoms with E-state index in [1.165, 1.54) is 0 Å². The number of ether oxygens (including phenoxy) is 2. The Bertz CT molecular complexity index is 224. The van der Waals surface area contributed by atoms with Gasteiger partial charge < -0.3 is 14.8 Å². The van der Waals surface area contributed by atoms with Gasteiger partial charge in [-0.1, -0.05) is 0 Å². The van der Waals surface area contributed by atoms with E-state index in [0.717, 1.165) is 25.0 Å². The van der Waals surface area contributed by atoms with E-state index in [1.807, 2.05) is 0 Å². The van der Waals surface area contributed by atoms with Crippen molar-refractivity contribution in [3.8, 4) is 0 Å². The number of hydrogen-bond acceptors (Lipinski definition) is 3. The number of carbonyl (C=O) groups excluding carboxylic acids is 1. The van der Waals surface area contributed by atoms with Crippen LogP contribution in [0.5, 0.6) is 0 Å². The summed E-state index contributed by atoms with van der Waals surface area (Å²) in [5, 5.41) is 2.61. The van der Waals surface area contributed by atoms with Gasteiger partial charge >= 0.3 is 6.09 Å². The summed E-state index contributed by atoms with van der Waals surface area (Å²) in [4.78, 5) is 10.7. The molecular formula is C8H11NO3. The second kappa shape index (κ2) is 3.05. The number of nitrogens with one attached hydrogen (secondary N) is 1. The summed E-state index contributed by atoms with van der Waals surface area (Å²) in [6, 6.07) is 0. The molecule has 1 unspecified atom stereocenters. The first-order chi connectivity index (χ1) is 5.86.